The highest BCUT2D eigenvalue weighted by Crippen LogP contribution is 2.34. The number of hydrogen-bond acceptors (Lipinski definition) is 2. The maximum absolute atomic E-state index is 12.9. The fraction of sp³-hybridized carbons (Fsp3) is 0.133. The van der Waals surface area contributed by atoms with Gasteiger partial charge in [-0.05, 0) is 41.8 Å². The normalized spacial score (nSPS) is 11.2. The van der Waals surface area contributed by atoms with Crippen LogP contribution in [-0.2, 0) is 6.18 Å². The fourth-order valence-corrected chi connectivity index (χ4v) is 1.94. The summed E-state index contributed by atoms with van der Waals surface area (Å²) < 4.78 is 43.3. The monoisotopic (exact) mass is 295 g/mol. The molecule has 0 bridgehead atoms. The number of benzene rings is 2. The molecule has 0 radical (unpaired) electrons. The lowest BCUT2D eigenvalue weighted by Gasteiger charge is -2.12. The van der Waals surface area contributed by atoms with Crippen molar-refractivity contribution in [1.29, 1.82) is 0 Å². The van der Waals surface area contributed by atoms with Gasteiger partial charge in [-0.1, -0.05) is 24.3 Å². The summed E-state index contributed by atoms with van der Waals surface area (Å²) in [6.45, 7) is 1.41. The van der Waals surface area contributed by atoms with Crippen LogP contribution < -0.4 is 10.5 Å². The van der Waals surface area contributed by atoms with E-state index in [2.05, 4.69) is 4.74 Å². The Morgan fingerprint density at radius 3 is 2.14 bits per heavy atom. The molecule has 1 amide bonds. The molecule has 21 heavy (non-hydrogen) atoms. The van der Waals surface area contributed by atoms with Crippen molar-refractivity contribution in [2.75, 3.05) is 0 Å². The first-order valence-corrected chi connectivity index (χ1v) is 6.03. The molecule has 6 heteroatoms. The first-order valence-electron chi connectivity index (χ1n) is 6.03. The molecule has 0 aliphatic rings. The van der Waals surface area contributed by atoms with Crippen molar-refractivity contribution < 1.29 is 22.7 Å². The second-order valence-corrected chi connectivity index (χ2v) is 4.47. The number of amides is 1. The lowest BCUT2D eigenvalue weighted by atomic mass is 9.99. The second kappa shape index (κ2) is 5.47. The van der Waals surface area contributed by atoms with Crippen molar-refractivity contribution in [2.45, 2.75) is 13.1 Å². The van der Waals surface area contributed by atoms with Gasteiger partial charge < -0.3 is 10.5 Å². The first kappa shape index (κ1) is 14.9. The number of halogens is 3. The van der Waals surface area contributed by atoms with Crippen LogP contribution in [0.25, 0.3) is 11.1 Å². The van der Waals surface area contributed by atoms with E-state index in [9.17, 15) is 18.0 Å². The van der Waals surface area contributed by atoms with E-state index in [0.717, 1.165) is 6.07 Å². The van der Waals surface area contributed by atoms with Gasteiger partial charge >= 0.3 is 12.3 Å². The van der Waals surface area contributed by atoms with Crippen LogP contribution in [0.2, 0.25) is 0 Å². The number of carbonyl (C=O) groups excluding carboxylic acids is 1. The third kappa shape index (κ3) is 3.53. The molecule has 0 unspecified atom stereocenters. The molecule has 2 aromatic carbocycles. The number of rotatable bonds is 2. The number of alkyl halides is 3. The van der Waals surface area contributed by atoms with E-state index >= 15 is 0 Å². The lowest BCUT2D eigenvalue weighted by Crippen LogP contribution is -2.16. The van der Waals surface area contributed by atoms with Crippen LogP contribution in [0.4, 0.5) is 18.0 Å². The highest BCUT2D eigenvalue weighted by molar-refractivity contribution is 5.70. The zero-order valence-corrected chi connectivity index (χ0v) is 11.1. The molecule has 0 spiro atoms. The van der Waals surface area contributed by atoms with Crippen molar-refractivity contribution in [2.24, 2.45) is 5.73 Å². The smallest absolute Gasteiger partial charge is 0.411 e. The lowest BCUT2D eigenvalue weighted by molar-refractivity contribution is -0.138. The summed E-state index contributed by atoms with van der Waals surface area (Å²) in [7, 11) is 0. The van der Waals surface area contributed by atoms with Gasteiger partial charge in [-0.15, -0.1) is 0 Å². The minimum absolute atomic E-state index is 0.167. The van der Waals surface area contributed by atoms with Crippen LogP contribution in [0.5, 0.6) is 5.75 Å². The molecule has 0 aliphatic carbocycles. The minimum Gasteiger partial charge on any atom is -0.411 e. The van der Waals surface area contributed by atoms with Gasteiger partial charge in [0.15, 0.2) is 0 Å². The number of aryl methyl sites for hydroxylation is 1. The first-order chi connectivity index (χ1) is 9.77. The molecule has 2 aromatic rings. The third-order valence-corrected chi connectivity index (χ3v) is 2.95. The quantitative estimate of drug-likeness (QED) is 0.905. The molecule has 0 aliphatic heterocycles. The van der Waals surface area contributed by atoms with Gasteiger partial charge in [-0.2, -0.15) is 13.2 Å². The average Bonchev–Trinajstić information content (AvgIpc) is 2.38. The predicted octanol–water partition coefficient (Wildman–Crippen LogP) is 4.14. The van der Waals surface area contributed by atoms with Crippen molar-refractivity contribution in [3.05, 3.63) is 53.6 Å². The van der Waals surface area contributed by atoms with E-state index in [1.807, 2.05) is 0 Å². The molecule has 0 heterocycles. The van der Waals surface area contributed by atoms with Gasteiger partial charge in [0, 0.05) is 0 Å². The van der Waals surface area contributed by atoms with Gasteiger partial charge in [0.1, 0.15) is 5.75 Å². The van der Waals surface area contributed by atoms with Gasteiger partial charge in [0.2, 0.25) is 0 Å². The van der Waals surface area contributed by atoms with E-state index < -0.39 is 17.8 Å². The number of carbonyl (C=O) groups is 1. The second-order valence-electron chi connectivity index (χ2n) is 4.47. The third-order valence-electron chi connectivity index (χ3n) is 2.95. The Bertz CT molecular complexity index is 664. The summed E-state index contributed by atoms with van der Waals surface area (Å²) in [6, 6.07) is 10.2. The van der Waals surface area contributed by atoms with Crippen LogP contribution in [0.1, 0.15) is 11.1 Å². The summed E-state index contributed by atoms with van der Waals surface area (Å²) in [5, 5.41) is 0. The molecular formula is C15H12F3NO2. The Morgan fingerprint density at radius 1 is 1.05 bits per heavy atom. The molecule has 0 aromatic heterocycles. The molecule has 110 valence electrons. The van der Waals surface area contributed by atoms with Crippen molar-refractivity contribution >= 4 is 6.09 Å². The Morgan fingerprint density at radius 2 is 1.62 bits per heavy atom. The molecule has 2 rings (SSSR count). The highest BCUT2D eigenvalue weighted by Gasteiger charge is 2.32. The molecule has 0 atom stereocenters. The Labute approximate surface area is 119 Å². The van der Waals surface area contributed by atoms with E-state index in [1.165, 1.54) is 25.1 Å². The molecule has 0 saturated heterocycles. The van der Waals surface area contributed by atoms with Crippen LogP contribution in [0.15, 0.2) is 42.5 Å². The van der Waals surface area contributed by atoms with Crippen molar-refractivity contribution in [3.63, 3.8) is 0 Å². The van der Waals surface area contributed by atoms with E-state index in [4.69, 9.17) is 5.73 Å². The van der Waals surface area contributed by atoms with Crippen molar-refractivity contribution in [1.82, 2.24) is 0 Å². The van der Waals surface area contributed by atoms with Gasteiger partial charge in [0.05, 0.1) is 5.56 Å². The number of hydrogen-bond donors (Lipinski definition) is 1. The summed E-state index contributed by atoms with van der Waals surface area (Å²) in [5.41, 5.74) is 5.38. The van der Waals surface area contributed by atoms with E-state index in [1.54, 1.807) is 18.2 Å². The highest BCUT2D eigenvalue weighted by atomic mass is 19.4. The zero-order valence-electron chi connectivity index (χ0n) is 11.1. The fourth-order valence-electron chi connectivity index (χ4n) is 1.94. The number of ether oxygens (including phenoxy) is 1. The Kier molecular flexibility index (Phi) is 3.88. The summed E-state index contributed by atoms with van der Waals surface area (Å²) in [6.07, 6.45) is -5.34. The molecule has 0 fully saturated rings. The number of primary amides is 1. The van der Waals surface area contributed by atoms with E-state index in [0.29, 0.717) is 11.1 Å². The molecule has 2 N–H and O–H groups in total. The van der Waals surface area contributed by atoms with Crippen LogP contribution in [0.3, 0.4) is 0 Å². The van der Waals surface area contributed by atoms with Gasteiger partial charge in [-0.25, -0.2) is 4.79 Å². The maximum atomic E-state index is 12.9. The summed E-state index contributed by atoms with van der Waals surface area (Å²) in [5.74, 6) is 0.231. The average molecular weight is 295 g/mol. The van der Waals surface area contributed by atoms with Crippen LogP contribution >= 0.6 is 0 Å². The Balaban J connectivity index is 2.36. The van der Waals surface area contributed by atoms with Crippen LogP contribution in [0, 0.1) is 6.92 Å². The van der Waals surface area contributed by atoms with Gasteiger partial charge in [0.25, 0.3) is 0 Å². The number of nitrogens with two attached hydrogens (primary N) is 1. The maximum Gasteiger partial charge on any atom is 0.416 e. The van der Waals surface area contributed by atoms with E-state index in [-0.39, 0.29) is 11.3 Å². The van der Waals surface area contributed by atoms with Crippen molar-refractivity contribution in [3.8, 4) is 16.9 Å². The standard InChI is InChI=1S/C15H12F3NO2/c1-9-2-3-11(8-13(9)15(16,17)18)10-4-6-12(7-5-10)21-14(19)20/h2-8H,1H3,(H2,19,20). The molecule has 0 saturated carbocycles. The molecular weight excluding hydrogens is 283 g/mol. The van der Waals surface area contributed by atoms with Crippen LogP contribution in [-0.4, -0.2) is 6.09 Å². The molecule has 3 nitrogen and oxygen atoms in total. The minimum atomic E-state index is -4.39. The zero-order chi connectivity index (χ0) is 15.6. The van der Waals surface area contributed by atoms with Gasteiger partial charge in [-0.3, -0.25) is 0 Å². The summed E-state index contributed by atoms with van der Waals surface area (Å²) in [4.78, 5) is 10.6. The Hall–Kier alpha value is -2.50. The largest absolute Gasteiger partial charge is 0.416 e. The predicted molar refractivity (Wildman–Crippen MR) is 71.8 cm³/mol. The summed E-state index contributed by atoms with van der Waals surface area (Å²) >= 11 is 0. The topological polar surface area (TPSA) is 52.3 Å². The SMILES string of the molecule is Cc1ccc(-c2ccc(OC(N)=O)cc2)cc1C(F)(F)F.